The third kappa shape index (κ3) is 3.12. The number of hydrogen-bond acceptors (Lipinski definition) is 3. The van der Waals surface area contributed by atoms with E-state index in [4.69, 9.17) is 0 Å². The molecule has 2 bridgehead atoms. The zero-order valence-corrected chi connectivity index (χ0v) is 13.2. The first-order valence-electron chi connectivity index (χ1n) is 7.68. The monoisotopic (exact) mass is 294 g/mol. The van der Waals surface area contributed by atoms with Crippen molar-refractivity contribution in [2.45, 2.75) is 26.3 Å². The van der Waals surface area contributed by atoms with E-state index in [-0.39, 0.29) is 23.8 Å². The number of nitrogens with zero attached hydrogens (tertiary/aromatic N) is 1. The average molecular weight is 294 g/mol. The van der Waals surface area contributed by atoms with Crippen molar-refractivity contribution in [2.75, 3.05) is 20.6 Å². The number of carboxylic acid groups (broad SMARTS) is 1. The third-order valence-corrected chi connectivity index (χ3v) is 4.97. The molecule has 0 aromatic rings. The maximum absolute atomic E-state index is 12.5. The predicted octanol–water partition coefficient (Wildman–Crippen LogP) is 1.21. The Balaban J connectivity index is 2.00. The Labute approximate surface area is 126 Å². The fourth-order valence-electron chi connectivity index (χ4n) is 3.85. The molecular formula is C16H26N2O3. The van der Waals surface area contributed by atoms with Gasteiger partial charge in [0.15, 0.2) is 0 Å². The molecule has 0 saturated heterocycles. The molecule has 0 aromatic carbocycles. The summed E-state index contributed by atoms with van der Waals surface area (Å²) in [5, 5.41) is 12.4. The highest BCUT2D eigenvalue weighted by Crippen LogP contribution is 2.48. The lowest BCUT2D eigenvalue weighted by Gasteiger charge is -2.30. The number of carbonyl (C=O) groups excluding carboxylic acids is 1. The van der Waals surface area contributed by atoms with E-state index in [0.29, 0.717) is 12.5 Å². The van der Waals surface area contributed by atoms with Crippen molar-refractivity contribution in [1.29, 1.82) is 0 Å². The maximum atomic E-state index is 12.5. The van der Waals surface area contributed by atoms with Gasteiger partial charge >= 0.3 is 5.97 Å². The molecule has 21 heavy (non-hydrogen) atoms. The zero-order valence-electron chi connectivity index (χ0n) is 13.2. The molecule has 2 rings (SSSR count). The largest absolute Gasteiger partial charge is 0.481 e. The Morgan fingerprint density at radius 1 is 1.24 bits per heavy atom. The lowest BCUT2D eigenvalue weighted by Crippen LogP contribution is -2.47. The van der Waals surface area contributed by atoms with Gasteiger partial charge in [-0.15, -0.1) is 0 Å². The number of hydrogen-bond donors (Lipinski definition) is 2. The van der Waals surface area contributed by atoms with Crippen molar-refractivity contribution < 1.29 is 14.7 Å². The summed E-state index contributed by atoms with van der Waals surface area (Å²) in [6.07, 6.45) is 4.78. The molecule has 2 N–H and O–H groups in total. The SMILES string of the molecule is CC(C)C(CNC(=O)C1C2C=CC(C2)C1C(=O)O)N(C)C. The van der Waals surface area contributed by atoms with E-state index >= 15 is 0 Å². The van der Waals surface area contributed by atoms with Crippen molar-refractivity contribution >= 4 is 11.9 Å². The second-order valence-corrected chi connectivity index (χ2v) is 6.86. The quantitative estimate of drug-likeness (QED) is 0.723. The van der Waals surface area contributed by atoms with Gasteiger partial charge in [0.2, 0.25) is 5.91 Å². The summed E-state index contributed by atoms with van der Waals surface area (Å²) in [6, 6.07) is 0.256. The molecule has 0 aromatic heterocycles. The number of carbonyl (C=O) groups is 2. The molecule has 0 heterocycles. The van der Waals surface area contributed by atoms with E-state index in [2.05, 4.69) is 24.1 Å². The standard InChI is InChI=1S/C16H26N2O3/c1-9(2)12(18(3)4)8-17-15(19)13-10-5-6-11(7-10)14(13)16(20)21/h5-6,9-14H,7-8H2,1-4H3,(H,17,19)(H,20,21). The van der Waals surface area contributed by atoms with Crippen molar-refractivity contribution in [3.05, 3.63) is 12.2 Å². The lowest BCUT2D eigenvalue weighted by molar-refractivity contribution is -0.147. The first-order chi connectivity index (χ1) is 9.82. The second kappa shape index (κ2) is 6.18. The molecule has 1 fully saturated rings. The van der Waals surface area contributed by atoms with Crippen LogP contribution in [0.15, 0.2) is 12.2 Å². The van der Waals surface area contributed by atoms with Crippen molar-refractivity contribution in [3.8, 4) is 0 Å². The van der Waals surface area contributed by atoms with E-state index in [1.807, 2.05) is 26.2 Å². The molecule has 5 unspecified atom stereocenters. The van der Waals surface area contributed by atoms with Gasteiger partial charge in [-0.25, -0.2) is 0 Å². The molecule has 1 saturated carbocycles. The zero-order chi connectivity index (χ0) is 15.7. The molecule has 5 atom stereocenters. The minimum Gasteiger partial charge on any atom is -0.481 e. The Bertz CT molecular complexity index is 437. The van der Waals surface area contributed by atoms with Gasteiger partial charge in [0.05, 0.1) is 11.8 Å². The van der Waals surface area contributed by atoms with E-state index < -0.39 is 17.8 Å². The number of carboxylic acids is 1. The highest BCUT2D eigenvalue weighted by molar-refractivity contribution is 5.86. The highest BCUT2D eigenvalue weighted by Gasteiger charge is 2.51. The topological polar surface area (TPSA) is 69.6 Å². The smallest absolute Gasteiger partial charge is 0.307 e. The Morgan fingerprint density at radius 2 is 1.81 bits per heavy atom. The van der Waals surface area contributed by atoms with Gasteiger partial charge in [0.1, 0.15) is 0 Å². The van der Waals surface area contributed by atoms with Gasteiger partial charge in [-0.2, -0.15) is 0 Å². The first-order valence-corrected chi connectivity index (χ1v) is 7.68. The molecule has 5 nitrogen and oxygen atoms in total. The van der Waals surface area contributed by atoms with Gasteiger partial charge in [-0.1, -0.05) is 26.0 Å². The fourth-order valence-corrected chi connectivity index (χ4v) is 3.85. The number of aliphatic carboxylic acids is 1. The lowest BCUT2D eigenvalue weighted by atomic mass is 9.82. The summed E-state index contributed by atoms with van der Waals surface area (Å²) in [7, 11) is 3.99. The fraction of sp³-hybridized carbons (Fsp3) is 0.750. The molecule has 5 heteroatoms. The molecule has 0 radical (unpaired) electrons. The molecule has 0 aliphatic heterocycles. The van der Waals surface area contributed by atoms with Crippen molar-refractivity contribution in [3.63, 3.8) is 0 Å². The minimum absolute atomic E-state index is 0.0259. The summed E-state index contributed by atoms with van der Waals surface area (Å²) in [4.78, 5) is 26.0. The van der Waals surface area contributed by atoms with Crippen molar-refractivity contribution in [2.24, 2.45) is 29.6 Å². The van der Waals surface area contributed by atoms with Crippen LogP contribution in [0.4, 0.5) is 0 Å². The summed E-state index contributed by atoms with van der Waals surface area (Å²) < 4.78 is 0. The van der Waals surface area contributed by atoms with Crippen LogP contribution in [0.25, 0.3) is 0 Å². The number of rotatable bonds is 6. The van der Waals surface area contributed by atoms with Crippen molar-refractivity contribution in [1.82, 2.24) is 10.2 Å². The Hall–Kier alpha value is -1.36. The molecule has 2 aliphatic rings. The number of likely N-dealkylation sites (N-methyl/N-ethyl adjacent to an activating group) is 1. The Kier molecular flexibility index (Phi) is 4.71. The molecular weight excluding hydrogens is 268 g/mol. The predicted molar refractivity (Wildman–Crippen MR) is 80.7 cm³/mol. The maximum Gasteiger partial charge on any atom is 0.307 e. The summed E-state index contributed by atoms with van der Waals surface area (Å²) >= 11 is 0. The van der Waals surface area contributed by atoms with Crippen LogP contribution in [0, 0.1) is 29.6 Å². The normalized spacial score (nSPS) is 31.9. The van der Waals surface area contributed by atoms with Crippen LogP contribution in [-0.4, -0.2) is 48.6 Å². The van der Waals surface area contributed by atoms with Gasteiger partial charge < -0.3 is 15.3 Å². The first kappa shape index (κ1) is 16.0. The van der Waals surface area contributed by atoms with E-state index in [1.165, 1.54) is 0 Å². The minimum atomic E-state index is -0.847. The number of allylic oxidation sites excluding steroid dienone is 2. The molecule has 0 spiro atoms. The summed E-state index contributed by atoms with van der Waals surface area (Å²) in [6.45, 7) is 4.81. The van der Waals surface area contributed by atoms with Gasteiger partial charge in [0, 0.05) is 12.6 Å². The van der Waals surface area contributed by atoms with Crippen LogP contribution in [-0.2, 0) is 9.59 Å². The van der Waals surface area contributed by atoms with Crippen LogP contribution in [0.1, 0.15) is 20.3 Å². The van der Waals surface area contributed by atoms with Crippen LogP contribution in [0.2, 0.25) is 0 Å². The number of fused-ring (bicyclic) bond motifs is 2. The van der Waals surface area contributed by atoms with Crippen LogP contribution in [0.5, 0.6) is 0 Å². The molecule has 2 aliphatic carbocycles. The van der Waals surface area contributed by atoms with Crippen LogP contribution >= 0.6 is 0 Å². The Morgan fingerprint density at radius 3 is 2.29 bits per heavy atom. The number of amides is 1. The van der Waals surface area contributed by atoms with Gasteiger partial charge in [0.25, 0.3) is 0 Å². The van der Waals surface area contributed by atoms with Crippen LogP contribution in [0.3, 0.4) is 0 Å². The van der Waals surface area contributed by atoms with Gasteiger partial charge in [-0.05, 0) is 38.3 Å². The summed E-state index contributed by atoms with van der Waals surface area (Å²) in [5.41, 5.74) is 0. The van der Waals surface area contributed by atoms with Gasteiger partial charge in [-0.3, -0.25) is 9.59 Å². The van der Waals surface area contributed by atoms with E-state index in [9.17, 15) is 14.7 Å². The summed E-state index contributed by atoms with van der Waals surface area (Å²) in [5.74, 6) is -1.38. The average Bonchev–Trinajstić information content (AvgIpc) is 2.97. The van der Waals surface area contributed by atoms with Crippen LogP contribution < -0.4 is 5.32 Å². The molecule has 118 valence electrons. The third-order valence-electron chi connectivity index (χ3n) is 4.97. The van der Waals surface area contributed by atoms with E-state index in [1.54, 1.807) is 0 Å². The second-order valence-electron chi connectivity index (χ2n) is 6.86. The number of nitrogens with one attached hydrogen (secondary N) is 1. The molecule has 1 amide bonds. The van der Waals surface area contributed by atoms with E-state index in [0.717, 1.165) is 6.42 Å². The highest BCUT2D eigenvalue weighted by atomic mass is 16.4.